The Kier molecular flexibility index (Phi) is 4.55. The van der Waals surface area contributed by atoms with E-state index in [0.717, 1.165) is 16.5 Å². The summed E-state index contributed by atoms with van der Waals surface area (Å²) in [6.07, 6.45) is 0. The minimum atomic E-state index is -0.469. The predicted molar refractivity (Wildman–Crippen MR) is 108 cm³/mol. The molecule has 0 bridgehead atoms. The zero-order valence-corrected chi connectivity index (χ0v) is 15.0. The lowest BCUT2D eigenvalue weighted by Gasteiger charge is -2.11. The van der Waals surface area contributed by atoms with Crippen molar-refractivity contribution in [1.29, 1.82) is 0 Å². The molecule has 0 amide bonds. The molecule has 0 fully saturated rings. The average Bonchev–Trinajstić information content (AvgIpc) is 2.74. The van der Waals surface area contributed by atoms with Crippen LogP contribution in [0.4, 0.5) is 17.2 Å². The molecule has 1 aromatic heterocycles. The normalized spacial score (nSPS) is 10.6. The summed E-state index contributed by atoms with van der Waals surface area (Å²) in [5.41, 5.74) is 1.95. The van der Waals surface area contributed by atoms with Crippen LogP contribution in [0, 0.1) is 10.1 Å². The summed E-state index contributed by atoms with van der Waals surface area (Å²) in [6, 6.07) is 22.1. The first-order valence-corrected chi connectivity index (χ1v) is 8.57. The van der Waals surface area contributed by atoms with Crippen LogP contribution < -0.4 is 10.1 Å². The SMILES string of the molecule is COc1ccc(-c2nnc(Nc3ccccc3)c3ccccc23)cc1[N+](=O)[O-]. The van der Waals surface area contributed by atoms with Gasteiger partial charge in [0.25, 0.3) is 0 Å². The first-order valence-electron chi connectivity index (χ1n) is 8.57. The lowest BCUT2D eigenvalue weighted by molar-refractivity contribution is -0.385. The Hall–Kier alpha value is -4.00. The van der Waals surface area contributed by atoms with Crippen molar-refractivity contribution in [2.75, 3.05) is 12.4 Å². The fourth-order valence-corrected chi connectivity index (χ4v) is 3.05. The van der Waals surface area contributed by atoms with Gasteiger partial charge in [0.15, 0.2) is 11.6 Å². The molecule has 0 unspecified atom stereocenters. The standard InChI is InChI=1S/C21H16N4O3/c1-28-19-12-11-14(13-18(19)25(26)27)20-16-9-5-6-10-17(16)21(24-23-20)22-15-7-3-2-4-8-15/h2-13H,1H3,(H,22,24). The molecule has 0 saturated carbocycles. The van der Waals surface area contributed by atoms with Crippen molar-refractivity contribution in [2.45, 2.75) is 0 Å². The highest BCUT2D eigenvalue weighted by Crippen LogP contribution is 2.35. The molecule has 4 rings (SSSR count). The van der Waals surface area contributed by atoms with Crippen LogP contribution >= 0.6 is 0 Å². The molecule has 4 aromatic rings. The first-order chi connectivity index (χ1) is 13.7. The van der Waals surface area contributed by atoms with Crippen molar-refractivity contribution >= 4 is 28.0 Å². The van der Waals surface area contributed by atoms with Crippen molar-refractivity contribution in [3.05, 3.63) is 82.9 Å². The maximum Gasteiger partial charge on any atom is 0.311 e. The smallest absolute Gasteiger partial charge is 0.311 e. The van der Waals surface area contributed by atoms with Gasteiger partial charge >= 0.3 is 5.69 Å². The number of hydrogen-bond donors (Lipinski definition) is 1. The van der Waals surface area contributed by atoms with Gasteiger partial charge in [-0.15, -0.1) is 10.2 Å². The van der Waals surface area contributed by atoms with Gasteiger partial charge in [-0.25, -0.2) is 0 Å². The van der Waals surface area contributed by atoms with Crippen LogP contribution in [0.25, 0.3) is 22.0 Å². The Balaban J connectivity index is 1.85. The van der Waals surface area contributed by atoms with Gasteiger partial charge in [-0.2, -0.15) is 0 Å². The highest BCUT2D eigenvalue weighted by molar-refractivity contribution is 6.01. The van der Waals surface area contributed by atoms with Gasteiger partial charge in [-0.05, 0) is 24.3 Å². The molecule has 3 aromatic carbocycles. The van der Waals surface area contributed by atoms with Gasteiger partial charge in [0, 0.05) is 28.1 Å². The van der Waals surface area contributed by atoms with Gasteiger partial charge in [0.1, 0.15) is 5.69 Å². The Morgan fingerprint density at radius 2 is 1.64 bits per heavy atom. The van der Waals surface area contributed by atoms with Crippen LogP contribution in [0.3, 0.4) is 0 Å². The van der Waals surface area contributed by atoms with E-state index >= 15 is 0 Å². The van der Waals surface area contributed by atoms with Crippen molar-refractivity contribution < 1.29 is 9.66 Å². The van der Waals surface area contributed by atoms with E-state index in [9.17, 15) is 10.1 Å². The molecule has 0 aliphatic rings. The number of aromatic nitrogens is 2. The van der Waals surface area contributed by atoms with E-state index in [-0.39, 0.29) is 11.4 Å². The minimum Gasteiger partial charge on any atom is -0.490 e. The summed E-state index contributed by atoms with van der Waals surface area (Å²) in [4.78, 5) is 10.9. The third-order valence-electron chi connectivity index (χ3n) is 4.37. The maximum atomic E-state index is 11.4. The van der Waals surface area contributed by atoms with Crippen LogP contribution in [0.5, 0.6) is 5.75 Å². The van der Waals surface area contributed by atoms with Crippen molar-refractivity contribution in [2.24, 2.45) is 0 Å². The summed E-state index contributed by atoms with van der Waals surface area (Å²) in [5.74, 6) is 0.821. The van der Waals surface area contributed by atoms with Gasteiger partial charge in [0.05, 0.1) is 12.0 Å². The highest BCUT2D eigenvalue weighted by Gasteiger charge is 2.18. The monoisotopic (exact) mass is 372 g/mol. The van der Waals surface area contributed by atoms with Crippen molar-refractivity contribution in [3.8, 4) is 17.0 Å². The molecule has 0 aliphatic heterocycles. The summed E-state index contributed by atoms with van der Waals surface area (Å²) >= 11 is 0. The summed E-state index contributed by atoms with van der Waals surface area (Å²) in [6.45, 7) is 0. The molecule has 1 heterocycles. The maximum absolute atomic E-state index is 11.4. The van der Waals surface area contributed by atoms with E-state index in [4.69, 9.17) is 4.74 Å². The van der Waals surface area contributed by atoms with E-state index in [1.807, 2.05) is 54.6 Å². The largest absolute Gasteiger partial charge is 0.490 e. The second-order valence-electron chi connectivity index (χ2n) is 6.08. The molecule has 7 nitrogen and oxygen atoms in total. The Bertz CT molecular complexity index is 1160. The summed E-state index contributed by atoms with van der Waals surface area (Å²) < 4.78 is 5.08. The van der Waals surface area contributed by atoms with Gasteiger partial charge < -0.3 is 10.1 Å². The number of nitrogens with zero attached hydrogens (tertiary/aromatic N) is 3. The number of benzene rings is 3. The Labute approximate surface area is 160 Å². The summed E-state index contributed by atoms with van der Waals surface area (Å²) in [7, 11) is 1.40. The number of ether oxygens (including phenoxy) is 1. The quantitative estimate of drug-likeness (QED) is 0.393. The fourth-order valence-electron chi connectivity index (χ4n) is 3.05. The van der Waals surface area contributed by atoms with E-state index < -0.39 is 4.92 Å². The van der Waals surface area contributed by atoms with E-state index in [1.54, 1.807) is 12.1 Å². The Morgan fingerprint density at radius 3 is 2.36 bits per heavy atom. The number of anilines is 2. The zero-order chi connectivity index (χ0) is 19.5. The topological polar surface area (TPSA) is 90.2 Å². The molecule has 0 radical (unpaired) electrons. The molecule has 0 spiro atoms. The molecular weight excluding hydrogens is 356 g/mol. The molecule has 138 valence electrons. The number of para-hydroxylation sites is 1. The van der Waals surface area contributed by atoms with E-state index in [0.29, 0.717) is 17.1 Å². The third kappa shape index (κ3) is 3.21. The molecule has 0 atom stereocenters. The number of nitro benzene ring substituents is 1. The van der Waals surface area contributed by atoms with Gasteiger partial charge in [-0.3, -0.25) is 10.1 Å². The molecule has 28 heavy (non-hydrogen) atoms. The van der Waals surface area contributed by atoms with Crippen molar-refractivity contribution in [3.63, 3.8) is 0 Å². The Morgan fingerprint density at radius 1 is 0.929 bits per heavy atom. The number of rotatable bonds is 5. The number of nitro groups is 1. The van der Waals surface area contributed by atoms with Crippen molar-refractivity contribution in [1.82, 2.24) is 10.2 Å². The zero-order valence-electron chi connectivity index (χ0n) is 15.0. The highest BCUT2D eigenvalue weighted by atomic mass is 16.6. The van der Waals surface area contributed by atoms with E-state index in [1.165, 1.54) is 13.2 Å². The molecule has 1 N–H and O–H groups in total. The third-order valence-corrected chi connectivity index (χ3v) is 4.37. The minimum absolute atomic E-state index is 0.114. The molecular formula is C21H16N4O3. The lowest BCUT2D eigenvalue weighted by atomic mass is 10.0. The predicted octanol–water partition coefficient (Wildman–Crippen LogP) is 4.96. The van der Waals surface area contributed by atoms with E-state index in [2.05, 4.69) is 15.5 Å². The summed E-state index contributed by atoms with van der Waals surface area (Å²) in [5, 5.41) is 25.0. The average molecular weight is 372 g/mol. The van der Waals surface area contributed by atoms with Crippen LogP contribution in [0.15, 0.2) is 72.8 Å². The number of fused-ring (bicyclic) bond motifs is 1. The molecule has 0 aliphatic carbocycles. The second-order valence-corrected chi connectivity index (χ2v) is 6.08. The molecule has 0 saturated heterocycles. The fraction of sp³-hybridized carbons (Fsp3) is 0.0476. The number of methoxy groups -OCH3 is 1. The van der Waals surface area contributed by atoms with Crippen LogP contribution in [0.2, 0.25) is 0 Å². The van der Waals surface area contributed by atoms with Crippen LogP contribution in [0.1, 0.15) is 0 Å². The second kappa shape index (κ2) is 7.32. The molecule has 7 heteroatoms. The van der Waals surface area contributed by atoms with Gasteiger partial charge in [-0.1, -0.05) is 42.5 Å². The van der Waals surface area contributed by atoms with Crippen LogP contribution in [-0.2, 0) is 0 Å². The number of hydrogen-bond acceptors (Lipinski definition) is 6. The lowest BCUT2D eigenvalue weighted by Crippen LogP contribution is -2.00. The number of nitrogens with one attached hydrogen (secondary N) is 1. The first kappa shape index (κ1) is 17.4. The van der Waals surface area contributed by atoms with Gasteiger partial charge in [0.2, 0.25) is 0 Å². The van der Waals surface area contributed by atoms with Crippen LogP contribution in [-0.4, -0.2) is 22.2 Å².